The highest BCUT2D eigenvalue weighted by molar-refractivity contribution is 5.77. The molecule has 144 valence electrons. The summed E-state index contributed by atoms with van der Waals surface area (Å²) < 4.78 is 5.50. The van der Waals surface area contributed by atoms with Crippen LogP contribution in [0.4, 0.5) is 4.79 Å². The van der Waals surface area contributed by atoms with Gasteiger partial charge >= 0.3 is 6.09 Å². The van der Waals surface area contributed by atoms with E-state index in [2.05, 4.69) is 21.9 Å². The molecule has 0 atom stereocenters. The number of nitrogens with zero attached hydrogens (tertiary/aromatic N) is 3. The van der Waals surface area contributed by atoms with Crippen LogP contribution < -0.4 is 11.1 Å². The molecule has 0 saturated heterocycles. The van der Waals surface area contributed by atoms with E-state index in [4.69, 9.17) is 10.5 Å². The van der Waals surface area contributed by atoms with Crippen molar-refractivity contribution in [3.05, 3.63) is 42.2 Å². The average Bonchev–Trinajstić information content (AvgIpc) is 2.55. The van der Waals surface area contributed by atoms with Crippen LogP contribution in [0.15, 0.2) is 41.7 Å². The quantitative estimate of drug-likeness (QED) is 0.321. The van der Waals surface area contributed by atoms with Gasteiger partial charge in [-0.05, 0) is 45.7 Å². The number of aliphatic imine (C=N–C) groups is 1. The number of nitrogens with one attached hydrogen (secondary N) is 1. The van der Waals surface area contributed by atoms with Gasteiger partial charge in [0.2, 0.25) is 0 Å². The van der Waals surface area contributed by atoms with Crippen LogP contribution in [0.2, 0.25) is 0 Å². The van der Waals surface area contributed by atoms with Gasteiger partial charge in [0, 0.05) is 25.5 Å². The molecule has 0 bridgehead atoms. The van der Waals surface area contributed by atoms with Gasteiger partial charge in [-0.1, -0.05) is 18.2 Å². The Morgan fingerprint density at radius 1 is 1.46 bits per heavy atom. The zero-order chi connectivity index (χ0) is 19.6. The number of hydrogen-bond donors (Lipinski definition) is 2. The van der Waals surface area contributed by atoms with Gasteiger partial charge in [0.1, 0.15) is 5.60 Å². The summed E-state index contributed by atoms with van der Waals surface area (Å²) in [6, 6.07) is 3.79. The Bertz CT molecular complexity index is 608. The van der Waals surface area contributed by atoms with Gasteiger partial charge in [-0.15, -0.1) is 0 Å². The Hall–Kier alpha value is -2.57. The van der Waals surface area contributed by atoms with Crippen molar-refractivity contribution in [2.24, 2.45) is 10.7 Å². The summed E-state index contributed by atoms with van der Waals surface area (Å²) in [6.45, 7) is 13.3. The van der Waals surface area contributed by atoms with Crippen molar-refractivity contribution in [1.29, 1.82) is 0 Å². The fourth-order valence-corrected chi connectivity index (χ4v) is 2.04. The number of guanidine groups is 1. The first-order chi connectivity index (χ1) is 12.2. The summed E-state index contributed by atoms with van der Waals surface area (Å²) in [5, 5.41) is 3.04. The van der Waals surface area contributed by atoms with Crippen LogP contribution in [0, 0.1) is 0 Å². The lowest BCUT2D eigenvalue weighted by molar-refractivity contribution is 0.0232. The first kappa shape index (κ1) is 21.5. The lowest BCUT2D eigenvalue weighted by Gasteiger charge is -2.27. The van der Waals surface area contributed by atoms with Crippen molar-refractivity contribution in [3.8, 4) is 0 Å². The predicted molar refractivity (Wildman–Crippen MR) is 105 cm³/mol. The molecular weight excluding hydrogens is 330 g/mol. The molecule has 0 aliphatic carbocycles. The van der Waals surface area contributed by atoms with Crippen molar-refractivity contribution in [2.45, 2.75) is 46.3 Å². The van der Waals surface area contributed by atoms with Gasteiger partial charge in [-0.3, -0.25) is 4.98 Å². The van der Waals surface area contributed by atoms with Gasteiger partial charge in [0.05, 0.1) is 13.1 Å². The first-order valence-electron chi connectivity index (χ1n) is 8.72. The average molecular weight is 361 g/mol. The maximum Gasteiger partial charge on any atom is 0.410 e. The van der Waals surface area contributed by atoms with Crippen molar-refractivity contribution in [3.63, 3.8) is 0 Å². The predicted octanol–water partition coefficient (Wildman–Crippen LogP) is 2.69. The summed E-state index contributed by atoms with van der Waals surface area (Å²) in [5.74, 6) is 0.379. The van der Waals surface area contributed by atoms with E-state index in [9.17, 15) is 4.79 Å². The minimum absolute atomic E-state index is 0.342. The number of carbonyl (C=O) groups is 1. The molecule has 1 aromatic rings. The number of carbonyl (C=O) groups excluding carboxylic acids is 1. The highest BCUT2D eigenvalue weighted by Crippen LogP contribution is 2.12. The second-order valence-corrected chi connectivity index (χ2v) is 7.20. The minimum atomic E-state index is -0.540. The van der Waals surface area contributed by atoms with Crippen LogP contribution in [-0.2, 0) is 11.3 Å². The molecule has 0 aliphatic heterocycles. The SMILES string of the molecule is C=C(C)CN=C(N)NCCCN(Cc1cccnc1)C(=O)OC(C)(C)C. The summed E-state index contributed by atoms with van der Waals surface area (Å²) in [6.07, 6.45) is 3.82. The van der Waals surface area contributed by atoms with Crippen LogP contribution in [0.5, 0.6) is 0 Å². The maximum absolute atomic E-state index is 12.5. The third kappa shape index (κ3) is 9.66. The Labute approximate surface area is 156 Å². The van der Waals surface area contributed by atoms with Crippen molar-refractivity contribution in [2.75, 3.05) is 19.6 Å². The summed E-state index contributed by atoms with van der Waals surface area (Å²) >= 11 is 0. The van der Waals surface area contributed by atoms with E-state index in [1.165, 1.54) is 0 Å². The molecule has 0 aliphatic rings. The number of amides is 1. The zero-order valence-corrected chi connectivity index (χ0v) is 16.3. The standard InChI is InChI=1S/C19H31N5O2/c1-15(2)12-23-17(20)22-10-7-11-24(18(25)26-19(3,4)5)14-16-8-6-9-21-13-16/h6,8-9,13H,1,7,10-12,14H2,2-5H3,(H3,20,22,23). The number of rotatable bonds is 8. The molecule has 0 unspecified atom stereocenters. The number of ether oxygens (including phenoxy) is 1. The minimum Gasteiger partial charge on any atom is -0.444 e. The van der Waals surface area contributed by atoms with Crippen LogP contribution >= 0.6 is 0 Å². The maximum atomic E-state index is 12.5. The fourth-order valence-electron chi connectivity index (χ4n) is 2.04. The molecule has 7 nitrogen and oxygen atoms in total. The molecule has 0 fully saturated rings. The Kier molecular flexibility index (Phi) is 8.61. The summed E-state index contributed by atoms with van der Waals surface area (Å²) in [7, 11) is 0. The third-order valence-corrected chi connectivity index (χ3v) is 3.18. The monoisotopic (exact) mass is 361 g/mol. The Morgan fingerprint density at radius 3 is 2.77 bits per heavy atom. The zero-order valence-electron chi connectivity index (χ0n) is 16.3. The van der Waals surface area contributed by atoms with Gasteiger partial charge in [-0.25, -0.2) is 9.79 Å². The molecule has 1 rings (SSSR count). The fraction of sp³-hybridized carbons (Fsp3) is 0.526. The lowest BCUT2D eigenvalue weighted by Crippen LogP contribution is -2.39. The molecule has 26 heavy (non-hydrogen) atoms. The van der Waals surface area contributed by atoms with E-state index < -0.39 is 5.60 Å². The van der Waals surface area contributed by atoms with Gasteiger partial charge in [0.15, 0.2) is 5.96 Å². The van der Waals surface area contributed by atoms with E-state index in [-0.39, 0.29) is 6.09 Å². The molecule has 7 heteroatoms. The van der Waals surface area contributed by atoms with Crippen LogP contribution in [-0.4, -0.2) is 47.2 Å². The Balaban J connectivity index is 2.58. The van der Waals surface area contributed by atoms with Crippen molar-refractivity contribution >= 4 is 12.1 Å². The second kappa shape index (κ2) is 10.4. The summed E-state index contributed by atoms with van der Waals surface area (Å²) in [5.41, 5.74) is 7.15. The van der Waals surface area contributed by atoms with Crippen LogP contribution in [0.1, 0.15) is 39.7 Å². The van der Waals surface area contributed by atoms with Crippen molar-refractivity contribution in [1.82, 2.24) is 15.2 Å². The largest absolute Gasteiger partial charge is 0.444 e. The number of aromatic nitrogens is 1. The van der Waals surface area contributed by atoms with Gasteiger partial charge in [0.25, 0.3) is 0 Å². The Morgan fingerprint density at radius 2 is 2.19 bits per heavy atom. The van der Waals surface area contributed by atoms with E-state index in [1.54, 1.807) is 17.3 Å². The van der Waals surface area contributed by atoms with E-state index in [0.29, 0.717) is 38.6 Å². The molecule has 0 aromatic carbocycles. The molecule has 1 heterocycles. The smallest absolute Gasteiger partial charge is 0.410 e. The molecule has 1 aromatic heterocycles. The normalized spacial score (nSPS) is 11.8. The number of hydrogen-bond acceptors (Lipinski definition) is 4. The summed E-state index contributed by atoms with van der Waals surface area (Å²) in [4.78, 5) is 22.4. The number of nitrogens with two attached hydrogens (primary N) is 1. The van der Waals surface area contributed by atoms with Crippen LogP contribution in [0.25, 0.3) is 0 Å². The van der Waals surface area contributed by atoms with Crippen LogP contribution in [0.3, 0.4) is 0 Å². The lowest BCUT2D eigenvalue weighted by atomic mass is 10.2. The molecular formula is C19H31N5O2. The topological polar surface area (TPSA) is 92.8 Å². The highest BCUT2D eigenvalue weighted by Gasteiger charge is 2.22. The molecule has 0 radical (unpaired) electrons. The third-order valence-electron chi connectivity index (χ3n) is 3.18. The van der Waals surface area contributed by atoms with E-state index >= 15 is 0 Å². The van der Waals surface area contributed by atoms with Gasteiger partial charge in [-0.2, -0.15) is 0 Å². The van der Waals surface area contributed by atoms with Gasteiger partial charge < -0.3 is 20.7 Å². The molecule has 1 amide bonds. The second-order valence-electron chi connectivity index (χ2n) is 7.20. The molecule has 0 spiro atoms. The van der Waals surface area contributed by atoms with E-state index in [0.717, 1.165) is 11.1 Å². The van der Waals surface area contributed by atoms with E-state index in [1.807, 2.05) is 39.8 Å². The highest BCUT2D eigenvalue weighted by atomic mass is 16.6. The first-order valence-corrected chi connectivity index (χ1v) is 8.72. The van der Waals surface area contributed by atoms with Crippen molar-refractivity contribution < 1.29 is 9.53 Å². The number of pyridine rings is 1. The molecule has 3 N–H and O–H groups in total. The molecule has 0 saturated carbocycles.